The lowest BCUT2D eigenvalue weighted by Crippen LogP contribution is -2.12. The molecule has 2 aromatic rings. The SMILES string of the molecule is Cc1ccc(Br)cc1OCc1cc(C(N)=O)ccc1F. The van der Waals surface area contributed by atoms with Crippen LogP contribution in [0.3, 0.4) is 0 Å². The summed E-state index contributed by atoms with van der Waals surface area (Å²) in [5.41, 5.74) is 6.67. The highest BCUT2D eigenvalue weighted by molar-refractivity contribution is 9.10. The topological polar surface area (TPSA) is 52.3 Å². The van der Waals surface area contributed by atoms with Crippen LogP contribution in [0.1, 0.15) is 21.5 Å². The van der Waals surface area contributed by atoms with Crippen LogP contribution in [0.4, 0.5) is 4.39 Å². The minimum atomic E-state index is -0.593. The predicted molar refractivity (Wildman–Crippen MR) is 78.1 cm³/mol. The Kier molecular flexibility index (Phi) is 4.39. The molecule has 5 heteroatoms. The van der Waals surface area contributed by atoms with Crippen molar-refractivity contribution in [3.63, 3.8) is 0 Å². The highest BCUT2D eigenvalue weighted by atomic mass is 79.9. The second-order valence-electron chi connectivity index (χ2n) is 4.37. The van der Waals surface area contributed by atoms with Gasteiger partial charge in [0.1, 0.15) is 18.2 Å². The Morgan fingerprint density at radius 3 is 2.75 bits per heavy atom. The average Bonchev–Trinajstić information content (AvgIpc) is 2.41. The number of nitrogens with two attached hydrogens (primary N) is 1. The van der Waals surface area contributed by atoms with Crippen molar-refractivity contribution >= 4 is 21.8 Å². The number of ether oxygens (including phenoxy) is 1. The minimum Gasteiger partial charge on any atom is -0.488 e. The van der Waals surface area contributed by atoms with Crippen LogP contribution in [0.5, 0.6) is 5.75 Å². The summed E-state index contributed by atoms with van der Waals surface area (Å²) in [5.74, 6) is -0.365. The standard InChI is InChI=1S/C15H13BrFNO2/c1-9-2-4-12(16)7-14(9)20-8-11-6-10(15(18)19)3-5-13(11)17/h2-7H,8H2,1H3,(H2,18,19). The van der Waals surface area contributed by atoms with E-state index < -0.39 is 11.7 Å². The zero-order valence-electron chi connectivity index (χ0n) is 10.8. The number of hydrogen-bond donors (Lipinski definition) is 1. The normalized spacial score (nSPS) is 10.3. The van der Waals surface area contributed by atoms with Gasteiger partial charge in [-0.25, -0.2) is 4.39 Å². The first-order valence-electron chi connectivity index (χ1n) is 5.94. The molecule has 0 saturated heterocycles. The first kappa shape index (κ1) is 14.5. The average molecular weight is 338 g/mol. The molecule has 0 unspecified atom stereocenters. The predicted octanol–water partition coefficient (Wildman–Crippen LogP) is 3.57. The minimum absolute atomic E-state index is 0.0320. The third-order valence-corrected chi connectivity index (χ3v) is 3.36. The van der Waals surface area contributed by atoms with Gasteiger partial charge in [0.25, 0.3) is 0 Å². The Morgan fingerprint density at radius 1 is 1.30 bits per heavy atom. The summed E-state index contributed by atoms with van der Waals surface area (Å²) in [7, 11) is 0. The van der Waals surface area contributed by atoms with Gasteiger partial charge < -0.3 is 10.5 Å². The lowest BCUT2D eigenvalue weighted by molar-refractivity contribution is 0.1000. The fourth-order valence-electron chi connectivity index (χ4n) is 1.72. The van der Waals surface area contributed by atoms with E-state index in [0.29, 0.717) is 11.3 Å². The maximum Gasteiger partial charge on any atom is 0.248 e. The summed E-state index contributed by atoms with van der Waals surface area (Å²) < 4.78 is 20.2. The molecule has 0 saturated carbocycles. The molecule has 104 valence electrons. The fraction of sp³-hybridized carbons (Fsp3) is 0.133. The van der Waals surface area contributed by atoms with Gasteiger partial charge in [0.05, 0.1) is 0 Å². The van der Waals surface area contributed by atoms with E-state index in [-0.39, 0.29) is 12.2 Å². The molecule has 0 aliphatic carbocycles. The largest absolute Gasteiger partial charge is 0.488 e. The Morgan fingerprint density at radius 2 is 2.05 bits per heavy atom. The number of carbonyl (C=O) groups is 1. The summed E-state index contributed by atoms with van der Waals surface area (Å²) in [5, 5.41) is 0. The number of hydrogen-bond acceptors (Lipinski definition) is 2. The number of aryl methyl sites for hydroxylation is 1. The molecule has 2 aromatic carbocycles. The van der Waals surface area contributed by atoms with E-state index in [9.17, 15) is 9.18 Å². The van der Waals surface area contributed by atoms with Crippen LogP contribution in [-0.4, -0.2) is 5.91 Å². The van der Waals surface area contributed by atoms with Gasteiger partial charge in [-0.2, -0.15) is 0 Å². The van der Waals surface area contributed by atoms with Crippen LogP contribution in [-0.2, 0) is 6.61 Å². The molecule has 0 atom stereocenters. The summed E-state index contributed by atoms with van der Waals surface area (Å²) >= 11 is 3.35. The Hall–Kier alpha value is -1.88. The van der Waals surface area contributed by atoms with Crippen molar-refractivity contribution < 1.29 is 13.9 Å². The summed E-state index contributed by atoms with van der Waals surface area (Å²) in [6.07, 6.45) is 0. The first-order valence-corrected chi connectivity index (χ1v) is 6.74. The Bertz CT molecular complexity index is 658. The molecule has 0 bridgehead atoms. The van der Waals surface area contributed by atoms with Crippen molar-refractivity contribution in [3.05, 3.63) is 63.4 Å². The monoisotopic (exact) mass is 337 g/mol. The quantitative estimate of drug-likeness (QED) is 0.927. The molecule has 0 aromatic heterocycles. The van der Waals surface area contributed by atoms with Crippen molar-refractivity contribution in [1.29, 1.82) is 0 Å². The number of rotatable bonds is 4. The number of benzene rings is 2. The van der Waals surface area contributed by atoms with Crippen LogP contribution in [0, 0.1) is 12.7 Å². The van der Waals surface area contributed by atoms with Crippen LogP contribution < -0.4 is 10.5 Å². The molecule has 20 heavy (non-hydrogen) atoms. The van der Waals surface area contributed by atoms with Gasteiger partial charge in [-0.3, -0.25) is 4.79 Å². The Balaban J connectivity index is 2.20. The fourth-order valence-corrected chi connectivity index (χ4v) is 2.06. The first-order chi connectivity index (χ1) is 9.47. The maximum atomic E-state index is 13.7. The molecular weight excluding hydrogens is 325 g/mol. The molecule has 0 aliphatic rings. The maximum absolute atomic E-state index is 13.7. The lowest BCUT2D eigenvalue weighted by Gasteiger charge is -2.11. The zero-order valence-corrected chi connectivity index (χ0v) is 12.4. The lowest BCUT2D eigenvalue weighted by atomic mass is 10.1. The molecule has 2 rings (SSSR count). The smallest absolute Gasteiger partial charge is 0.248 e. The summed E-state index contributed by atoms with van der Waals surface area (Å²) in [4.78, 5) is 11.1. The summed E-state index contributed by atoms with van der Waals surface area (Å²) in [6.45, 7) is 1.93. The van der Waals surface area contributed by atoms with Gasteiger partial charge in [0, 0.05) is 15.6 Å². The number of halogens is 2. The van der Waals surface area contributed by atoms with E-state index in [4.69, 9.17) is 10.5 Å². The molecule has 2 N–H and O–H groups in total. The molecule has 0 heterocycles. The third-order valence-electron chi connectivity index (χ3n) is 2.86. The van der Waals surface area contributed by atoms with Gasteiger partial charge in [-0.15, -0.1) is 0 Å². The molecule has 0 fully saturated rings. The van der Waals surface area contributed by atoms with E-state index in [1.165, 1.54) is 18.2 Å². The molecule has 0 aliphatic heterocycles. The van der Waals surface area contributed by atoms with E-state index in [2.05, 4.69) is 15.9 Å². The van der Waals surface area contributed by atoms with Crippen molar-refractivity contribution in [2.24, 2.45) is 5.73 Å². The molecule has 0 spiro atoms. The second kappa shape index (κ2) is 6.05. The number of carbonyl (C=O) groups excluding carboxylic acids is 1. The van der Waals surface area contributed by atoms with Crippen molar-refractivity contribution in [2.75, 3.05) is 0 Å². The van der Waals surface area contributed by atoms with Gasteiger partial charge >= 0.3 is 0 Å². The van der Waals surface area contributed by atoms with E-state index in [1.54, 1.807) is 0 Å². The van der Waals surface area contributed by atoms with Crippen molar-refractivity contribution in [1.82, 2.24) is 0 Å². The molecule has 0 radical (unpaired) electrons. The zero-order chi connectivity index (χ0) is 14.7. The molecule has 3 nitrogen and oxygen atoms in total. The molecule has 1 amide bonds. The Labute approximate surface area is 124 Å². The van der Waals surface area contributed by atoms with Gasteiger partial charge in [0.15, 0.2) is 0 Å². The van der Waals surface area contributed by atoms with E-state index >= 15 is 0 Å². The second-order valence-corrected chi connectivity index (χ2v) is 5.28. The highest BCUT2D eigenvalue weighted by Gasteiger charge is 2.09. The van der Waals surface area contributed by atoms with Crippen LogP contribution >= 0.6 is 15.9 Å². The van der Waals surface area contributed by atoms with Crippen molar-refractivity contribution in [2.45, 2.75) is 13.5 Å². The van der Waals surface area contributed by atoms with Crippen molar-refractivity contribution in [3.8, 4) is 5.75 Å². The van der Waals surface area contributed by atoms with Crippen LogP contribution in [0.25, 0.3) is 0 Å². The van der Waals surface area contributed by atoms with Crippen LogP contribution in [0.15, 0.2) is 40.9 Å². The van der Waals surface area contributed by atoms with Crippen LogP contribution in [0.2, 0.25) is 0 Å². The summed E-state index contributed by atoms with van der Waals surface area (Å²) in [6, 6.07) is 9.58. The van der Waals surface area contributed by atoms with Gasteiger partial charge in [-0.1, -0.05) is 22.0 Å². The van der Waals surface area contributed by atoms with E-state index in [0.717, 1.165) is 10.0 Å². The highest BCUT2D eigenvalue weighted by Crippen LogP contribution is 2.24. The third kappa shape index (κ3) is 3.36. The molecular formula is C15H13BrFNO2. The van der Waals surface area contributed by atoms with Gasteiger partial charge in [0.2, 0.25) is 5.91 Å². The van der Waals surface area contributed by atoms with E-state index in [1.807, 2.05) is 25.1 Å². The number of primary amides is 1. The number of amides is 1. The van der Waals surface area contributed by atoms with Gasteiger partial charge in [-0.05, 0) is 42.8 Å².